The first-order valence-corrected chi connectivity index (χ1v) is 7.67. The maximum Gasteiger partial charge on any atom is 0.258 e. The maximum absolute atomic E-state index is 12.3. The lowest BCUT2D eigenvalue weighted by Gasteiger charge is -2.23. The molecule has 1 fully saturated rings. The van der Waals surface area contributed by atoms with Gasteiger partial charge in [-0.05, 0) is 50.2 Å². The fourth-order valence-electron chi connectivity index (χ4n) is 2.56. The summed E-state index contributed by atoms with van der Waals surface area (Å²) in [5.74, 6) is 0.597. The molecular weight excluding hydrogens is 302 g/mol. The van der Waals surface area contributed by atoms with Crippen LogP contribution >= 0.6 is 11.6 Å². The third kappa shape index (κ3) is 3.26. The second-order valence-electron chi connectivity index (χ2n) is 5.35. The summed E-state index contributed by atoms with van der Waals surface area (Å²) >= 11 is 6.15. The van der Waals surface area contributed by atoms with Gasteiger partial charge in [0.05, 0.1) is 10.7 Å². The Morgan fingerprint density at radius 3 is 2.68 bits per heavy atom. The topological polar surface area (TPSA) is 69.3 Å². The number of rotatable bonds is 3. The average Bonchev–Trinajstić information content (AvgIpc) is 2.49. The van der Waals surface area contributed by atoms with Crippen LogP contribution in [0.5, 0.6) is 5.75 Å². The van der Waals surface area contributed by atoms with Gasteiger partial charge in [-0.2, -0.15) is 0 Å². The van der Waals surface area contributed by atoms with Gasteiger partial charge in [0.15, 0.2) is 0 Å². The van der Waals surface area contributed by atoms with E-state index in [9.17, 15) is 4.79 Å². The van der Waals surface area contributed by atoms with Crippen molar-refractivity contribution in [1.29, 1.82) is 0 Å². The summed E-state index contributed by atoms with van der Waals surface area (Å²) in [7, 11) is 0. The molecule has 3 N–H and O–H groups in total. The molecule has 5 nitrogen and oxygen atoms in total. The molecule has 0 amide bonds. The van der Waals surface area contributed by atoms with Crippen molar-refractivity contribution in [1.82, 2.24) is 9.88 Å². The minimum atomic E-state index is -0.182. The predicted octanol–water partition coefficient (Wildman–Crippen LogP) is 2.20. The molecule has 2 aromatic rings. The number of nitrogen functional groups attached to an aromatic ring is 1. The smallest absolute Gasteiger partial charge is 0.258 e. The first-order valence-electron chi connectivity index (χ1n) is 7.29. The first-order chi connectivity index (χ1) is 10.6. The van der Waals surface area contributed by atoms with Gasteiger partial charge >= 0.3 is 0 Å². The molecule has 1 saturated heterocycles. The summed E-state index contributed by atoms with van der Waals surface area (Å²) in [5.41, 5.74) is 6.66. The second-order valence-corrected chi connectivity index (χ2v) is 5.76. The highest BCUT2D eigenvalue weighted by Gasteiger charge is 2.15. The molecule has 0 atom stereocenters. The van der Waals surface area contributed by atoms with E-state index in [4.69, 9.17) is 22.1 Å². The van der Waals surface area contributed by atoms with E-state index in [0.29, 0.717) is 22.1 Å². The summed E-state index contributed by atoms with van der Waals surface area (Å²) < 4.78 is 7.35. The van der Waals surface area contributed by atoms with Crippen LogP contribution in [0.1, 0.15) is 12.8 Å². The number of pyridine rings is 1. The number of halogens is 1. The zero-order valence-electron chi connectivity index (χ0n) is 12.1. The predicted molar refractivity (Wildman–Crippen MR) is 88.0 cm³/mol. The maximum atomic E-state index is 12.3. The Morgan fingerprint density at radius 2 is 2.00 bits per heavy atom. The summed E-state index contributed by atoms with van der Waals surface area (Å²) in [5, 5.41) is 3.72. The summed E-state index contributed by atoms with van der Waals surface area (Å²) in [6.45, 7) is 1.89. The zero-order chi connectivity index (χ0) is 15.5. The Hall–Kier alpha value is -1.98. The van der Waals surface area contributed by atoms with Crippen LogP contribution in [-0.2, 0) is 0 Å². The number of hydrogen-bond donors (Lipinski definition) is 2. The molecule has 1 aromatic heterocycles. The number of aromatic nitrogens is 1. The third-order valence-electron chi connectivity index (χ3n) is 3.71. The van der Waals surface area contributed by atoms with Crippen molar-refractivity contribution in [3.8, 4) is 11.4 Å². The van der Waals surface area contributed by atoms with E-state index in [0.717, 1.165) is 25.9 Å². The minimum absolute atomic E-state index is 0.164. The standard InChI is InChI=1S/C16H18ClN3O2/c17-14-9-11(18)1-2-15(14)20-8-5-13(10-16(20)21)22-12-3-6-19-7-4-12/h1-2,5,8-10,12,19H,3-4,6-7,18H2. The highest BCUT2D eigenvalue weighted by molar-refractivity contribution is 6.32. The molecule has 2 heterocycles. The van der Waals surface area contributed by atoms with Gasteiger partial charge in [-0.1, -0.05) is 11.6 Å². The van der Waals surface area contributed by atoms with Crippen molar-refractivity contribution in [3.63, 3.8) is 0 Å². The lowest BCUT2D eigenvalue weighted by Crippen LogP contribution is -2.34. The van der Waals surface area contributed by atoms with Gasteiger partial charge in [-0.15, -0.1) is 0 Å². The van der Waals surface area contributed by atoms with E-state index in [1.54, 1.807) is 30.5 Å². The summed E-state index contributed by atoms with van der Waals surface area (Å²) in [6, 6.07) is 8.35. The van der Waals surface area contributed by atoms with Gasteiger partial charge in [-0.25, -0.2) is 0 Å². The summed E-state index contributed by atoms with van der Waals surface area (Å²) in [4.78, 5) is 12.3. The van der Waals surface area contributed by atoms with E-state index < -0.39 is 0 Å². The number of nitrogens with zero attached hydrogens (tertiary/aromatic N) is 1. The van der Waals surface area contributed by atoms with Crippen LogP contribution in [0.15, 0.2) is 41.3 Å². The Morgan fingerprint density at radius 1 is 1.23 bits per heavy atom. The van der Waals surface area contributed by atoms with E-state index in [1.165, 1.54) is 10.6 Å². The molecule has 0 spiro atoms. The molecule has 1 aromatic carbocycles. The molecule has 0 aliphatic carbocycles. The van der Waals surface area contributed by atoms with E-state index in [2.05, 4.69) is 5.32 Å². The molecule has 0 radical (unpaired) electrons. The molecule has 116 valence electrons. The van der Waals surface area contributed by atoms with E-state index in [-0.39, 0.29) is 11.7 Å². The van der Waals surface area contributed by atoms with Crippen molar-refractivity contribution >= 4 is 17.3 Å². The van der Waals surface area contributed by atoms with Gasteiger partial charge in [0.25, 0.3) is 5.56 Å². The van der Waals surface area contributed by atoms with Crippen molar-refractivity contribution in [2.45, 2.75) is 18.9 Å². The fraction of sp³-hybridized carbons (Fsp3) is 0.312. The van der Waals surface area contributed by atoms with Crippen molar-refractivity contribution in [2.24, 2.45) is 0 Å². The normalized spacial score (nSPS) is 15.7. The number of nitrogens with two attached hydrogens (primary N) is 1. The van der Waals surface area contributed by atoms with E-state index >= 15 is 0 Å². The first kappa shape index (κ1) is 14.9. The molecule has 0 saturated carbocycles. The lowest BCUT2D eigenvalue weighted by molar-refractivity contribution is 0.162. The monoisotopic (exact) mass is 319 g/mol. The van der Waals surface area contributed by atoms with Gasteiger partial charge < -0.3 is 15.8 Å². The number of anilines is 1. The molecule has 6 heteroatoms. The molecule has 0 bridgehead atoms. The van der Waals surface area contributed by atoms with Crippen molar-refractivity contribution in [2.75, 3.05) is 18.8 Å². The fourth-order valence-corrected chi connectivity index (χ4v) is 2.84. The Bertz CT molecular complexity index is 724. The molecule has 3 rings (SSSR count). The van der Waals surface area contributed by atoms with Gasteiger partial charge in [-0.3, -0.25) is 9.36 Å². The molecule has 22 heavy (non-hydrogen) atoms. The SMILES string of the molecule is Nc1ccc(-n2ccc(OC3CCNCC3)cc2=O)c(Cl)c1. The highest BCUT2D eigenvalue weighted by Crippen LogP contribution is 2.23. The lowest BCUT2D eigenvalue weighted by atomic mass is 10.1. The van der Waals surface area contributed by atoms with Crippen LogP contribution in [0.3, 0.4) is 0 Å². The van der Waals surface area contributed by atoms with Crippen LogP contribution in [-0.4, -0.2) is 23.8 Å². The second kappa shape index (κ2) is 6.42. The van der Waals surface area contributed by atoms with Crippen molar-refractivity contribution in [3.05, 3.63) is 51.9 Å². The number of ether oxygens (including phenoxy) is 1. The van der Waals surface area contributed by atoms with Gasteiger partial charge in [0.1, 0.15) is 11.9 Å². The number of benzene rings is 1. The molecule has 1 aliphatic heterocycles. The van der Waals surface area contributed by atoms with Crippen LogP contribution in [0.2, 0.25) is 5.02 Å². The molecular formula is C16H18ClN3O2. The van der Waals surface area contributed by atoms with Crippen LogP contribution in [0, 0.1) is 0 Å². The van der Waals surface area contributed by atoms with Gasteiger partial charge in [0, 0.05) is 18.0 Å². The Kier molecular flexibility index (Phi) is 4.36. The number of hydrogen-bond acceptors (Lipinski definition) is 4. The zero-order valence-corrected chi connectivity index (χ0v) is 12.8. The molecule has 1 aliphatic rings. The quantitative estimate of drug-likeness (QED) is 0.851. The third-order valence-corrected chi connectivity index (χ3v) is 4.01. The number of nitrogens with one attached hydrogen (secondary N) is 1. The Labute approximate surface area is 133 Å². The Balaban J connectivity index is 1.84. The van der Waals surface area contributed by atoms with Crippen LogP contribution in [0.4, 0.5) is 5.69 Å². The highest BCUT2D eigenvalue weighted by atomic mass is 35.5. The largest absolute Gasteiger partial charge is 0.490 e. The average molecular weight is 320 g/mol. The van der Waals surface area contributed by atoms with Crippen molar-refractivity contribution < 1.29 is 4.74 Å². The van der Waals surface area contributed by atoms with Crippen LogP contribution < -0.4 is 21.3 Å². The number of piperidine rings is 1. The molecule has 0 unspecified atom stereocenters. The van der Waals surface area contributed by atoms with Crippen LogP contribution in [0.25, 0.3) is 5.69 Å². The van der Waals surface area contributed by atoms with E-state index in [1.807, 2.05) is 0 Å². The minimum Gasteiger partial charge on any atom is -0.490 e. The summed E-state index contributed by atoms with van der Waals surface area (Å²) in [6.07, 6.45) is 3.74. The van der Waals surface area contributed by atoms with Gasteiger partial charge in [0.2, 0.25) is 0 Å².